The second kappa shape index (κ2) is 32.4. The van der Waals surface area contributed by atoms with Crippen molar-refractivity contribution in [3.05, 3.63) is 139 Å². The van der Waals surface area contributed by atoms with Gasteiger partial charge in [-0.2, -0.15) is 0 Å². The van der Waals surface area contributed by atoms with E-state index in [1.807, 2.05) is 127 Å². The average Bonchev–Trinajstić information content (AvgIpc) is 1.59. The molecule has 2 fully saturated rings. The van der Waals surface area contributed by atoms with Crippen LogP contribution in [0.2, 0.25) is 0 Å². The van der Waals surface area contributed by atoms with E-state index in [1.165, 1.54) is 49.7 Å². The van der Waals surface area contributed by atoms with Gasteiger partial charge < -0.3 is 44.2 Å². The summed E-state index contributed by atoms with van der Waals surface area (Å²) in [4.78, 5) is 144. The van der Waals surface area contributed by atoms with Crippen molar-refractivity contribution in [2.45, 2.75) is 189 Å². The second-order valence-corrected chi connectivity index (χ2v) is 29.4. The molecule has 11 atom stereocenters. The Morgan fingerprint density at radius 1 is 0.561 bits per heavy atom. The Morgan fingerprint density at radius 2 is 1.13 bits per heavy atom. The zero-order chi connectivity index (χ0) is 71.8. The lowest BCUT2D eigenvalue weighted by Crippen LogP contribution is -2.61. The van der Waals surface area contributed by atoms with Gasteiger partial charge in [-0.1, -0.05) is 179 Å². The highest BCUT2D eigenvalue weighted by Gasteiger charge is 2.48. The molecule has 1 aromatic heterocycles. The van der Waals surface area contributed by atoms with Gasteiger partial charge in [0.05, 0.1) is 28.7 Å². The Bertz CT molecular complexity index is 3780. The van der Waals surface area contributed by atoms with Crippen molar-refractivity contribution >= 4 is 74.8 Å². The average molecular weight is 1340 g/mol. The van der Waals surface area contributed by atoms with Gasteiger partial charge in [-0.05, 0) is 110 Å². The molecular formula is C80H105N7O11. The number of hydrogen-bond donors (Lipinski definition) is 2. The third-order valence-electron chi connectivity index (χ3n) is 20.6. The predicted octanol–water partition coefficient (Wildman–Crippen LogP) is 11.3. The Hall–Kier alpha value is -8.51. The van der Waals surface area contributed by atoms with E-state index in [0.29, 0.717) is 36.8 Å². The van der Waals surface area contributed by atoms with Crippen molar-refractivity contribution in [1.82, 2.24) is 34.4 Å². The first-order valence-corrected chi connectivity index (χ1v) is 35.3. The Labute approximate surface area is 579 Å². The lowest BCUT2D eigenvalue weighted by Gasteiger charge is -2.39. The third kappa shape index (κ3) is 16.8. The summed E-state index contributed by atoms with van der Waals surface area (Å²) in [5, 5.41) is 17.2. The number of hydrogen-bond acceptors (Lipinski definition) is 11. The number of ketones is 2. The van der Waals surface area contributed by atoms with E-state index >= 15 is 38.4 Å². The van der Waals surface area contributed by atoms with Gasteiger partial charge in [0.25, 0.3) is 5.91 Å². The number of likely N-dealkylation sites (N-methyl/N-ethyl adjacent to an activating group) is 4. The van der Waals surface area contributed by atoms with Crippen LogP contribution in [0.1, 0.15) is 139 Å². The molecule has 98 heavy (non-hydrogen) atoms. The minimum absolute atomic E-state index is 0.00351. The predicted molar refractivity (Wildman–Crippen MR) is 383 cm³/mol. The molecule has 3 unspecified atom stereocenters. The van der Waals surface area contributed by atoms with E-state index < -0.39 is 125 Å². The number of fused-ring (bicyclic) bond motifs is 4. The van der Waals surface area contributed by atoms with Crippen molar-refractivity contribution < 1.29 is 53.0 Å². The molecule has 18 heteroatoms. The summed E-state index contributed by atoms with van der Waals surface area (Å²) in [5.74, 6) is -9.57. The highest BCUT2D eigenvalue weighted by atomic mass is 16.6. The fourth-order valence-corrected chi connectivity index (χ4v) is 15.0. The molecule has 0 bridgehead atoms. The number of amides is 6. The number of cyclic esters (lactones) is 1. The number of carbonyl (C=O) groups is 9. The van der Waals surface area contributed by atoms with Gasteiger partial charge in [0.1, 0.15) is 18.1 Å². The normalized spacial score (nSPS) is 23.9. The number of aliphatic hydroxyl groups is 1. The van der Waals surface area contributed by atoms with Gasteiger partial charge in [-0.25, -0.2) is 4.79 Å². The van der Waals surface area contributed by atoms with Crippen molar-refractivity contribution in [2.75, 3.05) is 34.7 Å². The van der Waals surface area contributed by atoms with Crippen molar-refractivity contribution in [2.24, 2.45) is 41.4 Å². The first-order chi connectivity index (χ1) is 46.4. The number of benzene rings is 5. The molecule has 6 amide bonds. The number of aromatic nitrogens is 1. The number of nitrogens with zero attached hydrogens (tertiary/aromatic N) is 6. The first kappa shape index (κ1) is 75.3. The molecule has 6 aromatic rings. The summed E-state index contributed by atoms with van der Waals surface area (Å²) in [6, 6.07) is 34.3. The minimum atomic E-state index is -1.96. The van der Waals surface area contributed by atoms with Gasteiger partial charge in [0.15, 0.2) is 23.7 Å². The number of para-hydroxylation sites is 2. The van der Waals surface area contributed by atoms with E-state index in [-0.39, 0.29) is 56.3 Å². The highest BCUT2D eigenvalue weighted by molar-refractivity contribution is 6.09. The number of carbonyl (C=O) groups excluding carboxylic acids is 9. The molecule has 0 radical (unpaired) electrons. The second-order valence-electron chi connectivity index (χ2n) is 29.4. The number of rotatable bonds is 15. The number of esters is 1. The lowest BCUT2D eigenvalue weighted by atomic mass is 9.82. The topological polar surface area (TPSA) is 216 Å². The molecule has 0 aliphatic carbocycles. The summed E-state index contributed by atoms with van der Waals surface area (Å²) in [6.07, 6.45) is -0.323. The number of nitrogens with one attached hydrogen (secondary N) is 1. The van der Waals surface area contributed by atoms with Gasteiger partial charge in [-0.3, -0.25) is 38.4 Å². The Balaban J connectivity index is 1.24. The van der Waals surface area contributed by atoms with Crippen LogP contribution in [0.25, 0.3) is 38.6 Å². The molecule has 0 saturated carbocycles. The minimum Gasteiger partial charge on any atom is -0.450 e. The van der Waals surface area contributed by atoms with Crippen LogP contribution in [0, 0.1) is 41.4 Å². The number of ether oxygens (including phenoxy) is 1. The summed E-state index contributed by atoms with van der Waals surface area (Å²) >= 11 is 0. The van der Waals surface area contributed by atoms with Crippen LogP contribution in [0.4, 0.5) is 0 Å². The molecule has 8 rings (SSSR count). The fraction of sp³-hybridized carbons (Fsp3) is 0.512. The van der Waals surface area contributed by atoms with Crippen molar-refractivity contribution in [1.29, 1.82) is 0 Å². The molecular weight excluding hydrogens is 1230 g/mol. The molecule has 2 N–H and O–H groups in total. The van der Waals surface area contributed by atoms with E-state index in [0.717, 1.165) is 43.5 Å². The molecule has 2 aliphatic heterocycles. The largest absolute Gasteiger partial charge is 0.450 e. The van der Waals surface area contributed by atoms with Gasteiger partial charge in [0, 0.05) is 94.6 Å². The van der Waals surface area contributed by atoms with E-state index in [1.54, 1.807) is 32.7 Å². The zero-order valence-corrected chi connectivity index (χ0v) is 60.5. The Morgan fingerprint density at radius 3 is 1.70 bits per heavy atom. The quantitative estimate of drug-likeness (QED) is 0.0922. The zero-order valence-electron chi connectivity index (χ0n) is 60.5. The maximum atomic E-state index is 16.0. The van der Waals surface area contributed by atoms with E-state index in [4.69, 9.17) is 4.74 Å². The Kier molecular flexibility index (Phi) is 24.9. The van der Waals surface area contributed by atoms with Crippen LogP contribution in [0.5, 0.6) is 0 Å². The molecule has 18 nitrogen and oxygen atoms in total. The third-order valence-corrected chi connectivity index (χ3v) is 20.6. The summed E-state index contributed by atoms with van der Waals surface area (Å²) in [6.45, 7) is 21.2. The van der Waals surface area contributed by atoms with Crippen LogP contribution >= 0.6 is 0 Å². The SMILES string of the molecule is CCC(C)[C@@H]1CC(=O)[C@@H]2CCCN2C(=O)[C@H](Cc2cccc(-c3ccc(-n4c5ccccc5c5ccccc54)cc3)c2)N(C)C(=O)[C@H](Cc2ccccc2)NC(=O)[C@H](C(C)C)N(C)C(=O)[C@@H](C(C)CC)OC(=O)[C@H](C(C)(C)O)N(C)C(=O)C(CC(C)C)CC(=O)[C@H](C(C)C)N(C)C1=O. The lowest BCUT2D eigenvalue weighted by molar-refractivity contribution is -0.178. The van der Waals surface area contributed by atoms with Crippen LogP contribution in [-0.2, 0) is 60.7 Å². The van der Waals surface area contributed by atoms with Crippen LogP contribution in [-0.4, -0.2) is 170 Å². The van der Waals surface area contributed by atoms with Crippen LogP contribution < -0.4 is 5.32 Å². The summed E-state index contributed by atoms with van der Waals surface area (Å²) < 4.78 is 8.44. The van der Waals surface area contributed by atoms with Gasteiger partial charge in [-0.15, -0.1) is 0 Å². The molecule has 0 spiro atoms. The highest BCUT2D eigenvalue weighted by Crippen LogP contribution is 2.36. The van der Waals surface area contributed by atoms with Crippen molar-refractivity contribution in [3.63, 3.8) is 0 Å². The van der Waals surface area contributed by atoms with Gasteiger partial charge in [0.2, 0.25) is 29.5 Å². The maximum Gasteiger partial charge on any atom is 0.332 e. The van der Waals surface area contributed by atoms with Crippen LogP contribution in [0.15, 0.2) is 127 Å². The molecule has 3 heterocycles. The summed E-state index contributed by atoms with van der Waals surface area (Å²) in [5.41, 5.74) is 4.34. The van der Waals surface area contributed by atoms with Crippen molar-refractivity contribution in [3.8, 4) is 16.8 Å². The molecule has 5 aromatic carbocycles. The maximum absolute atomic E-state index is 16.0. The smallest absolute Gasteiger partial charge is 0.332 e. The monoisotopic (exact) mass is 1340 g/mol. The standard InChI is InChI=1S/C80H105N7O11/c1-17-51(9)61-47-67(88)65-36-27-41-86(65)77(94)66(45-54-30-26-31-56(43-54)55-37-39-58(40-38-55)87-63-34-24-22-32-59(63)60-33-23-25-35-64(60)87)82(13)76(93)62(44-53-28-20-19-21-29-53)81-73(90)70(50(7)8)84(15)78(95)71(52(10)18-2)98-79(96)72(80(11,12)97)85(16)74(91)57(42-48(3)4)46-68(89)69(49(5)6)83(14)75(61)92/h19-26,28-35,37-40,43,48-52,57,61-62,65-66,69-72,97H,17-18,27,36,41-42,44-47H2,1-16H3,(H,81,90)/t51?,52?,57?,61-,62-,65-,66-,69-,70-,71+,72+/m0/s1. The fourth-order valence-electron chi connectivity index (χ4n) is 15.0. The molecule has 2 aliphatic rings. The first-order valence-electron chi connectivity index (χ1n) is 35.3. The van der Waals surface area contributed by atoms with Crippen LogP contribution in [0.3, 0.4) is 0 Å². The summed E-state index contributed by atoms with van der Waals surface area (Å²) in [7, 11) is 5.87. The molecule has 2 saturated heterocycles. The molecule has 526 valence electrons. The van der Waals surface area contributed by atoms with E-state index in [2.05, 4.69) is 58.4 Å². The van der Waals surface area contributed by atoms with E-state index in [9.17, 15) is 9.90 Å². The number of Topliss-reactive ketones (excluding diaryl/α,β-unsaturated/α-hetero) is 2. The van der Waals surface area contributed by atoms with Gasteiger partial charge >= 0.3 is 5.97 Å².